The van der Waals surface area contributed by atoms with Gasteiger partial charge in [-0.1, -0.05) is 12.1 Å². The van der Waals surface area contributed by atoms with Crippen molar-refractivity contribution < 1.29 is 10.0 Å². The van der Waals surface area contributed by atoms with Gasteiger partial charge in [0.2, 0.25) is 0 Å². The average Bonchev–Trinajstić information content (AvgIpc) is 2.20. The van der Waals surface area contributed by atoms with Crippen LogP contribution in [0, 0.1) is 17.0 Å². The highest BCUT2D eigenvalue weighted by Crippen LogP contribution is 2.21. The number of hydrogen-bond donors (Lipinski definition) is 2. The van der Waals surface area contributed by atoms with Crippen LogP contribution < -0.4 is 5.73 Å². The first-order valence-corrected chi connectivity index (χ1v) is 4.99. The number of rotatable bonds is 4. The zero-order chi connectivity index (χ0) is 12.3. The fourth-order valence-electron chi connectivity index (χ4n) is 1.48. The standard InChI is InChI=1S/C11H16N2O3/c1-8-3-4-9(5-10(8)13(15)16)6-11(2,12)7-14/h3-5,14H,6-7,12H2,1-2H3. The summed E-state index contributed by atoms with van der Waals surface area (Å²) < 4.78 is 0. The Hall–Kier alpha value is -1.46. The van der Waals surface area contributed by atoms with E-state index in [0.29, 0.717) is 12.0 Å². The first-order chi connectivity index (χ1) is 7.35. The van der Waals surface area contributed by atoms with E-state index in [0.717, 1.165) is 5.56 Å². The quantitative estimate of drug-likeness (QED) is 0.593. The fraction of sp³-hybridized carbons (Fsp3) is 0.455. The van der Waals surface area contributed by atoms with E-state index >= 15 is 0 Å². The summed E-state index contributed by atoms with van der Waals surface area (Å²) in [4.78, 5) is 10.3. The Labute approximate surface area is 94.0 Å². The molecule has 88 valence electrons. The molecule has 0 aliphatic heterocycles. The van der Waals surface area contributed by atoms with Crippen LogP contribution in [0.2, 0.25) is 0 Å². The SMILES string of the molecule is Cc1ccc(CC(C)(N)CO)cc1[N+](=O)[O-]. The smallest absolute Gasteiger partial charge is 0.272 e. The van der Waals surface area contributed by atoms with Crippen molar-refractivity contribution in [2.75, 3.05) is 6.61 Å². The van der Waals surface area contributed by atoms with E-state index in [1.54, 1.807) is 26.0 Å². The van der Waals surface area contributed by atoms with Crippen molar-refractivity contribution in [1.82, 2.24) is 0 Å². The Kier molecular flexibility index (Phi) is 3.62. The molecule has 1 atom stereocenters. The lowest BCUT2D eigenvalue weighted by molar-refractivity contribution is -0.385. The molecular weight excluding hydrogens is 208 g/mol. The van der Waals surface area contributed by atoms with Crippen LogP contribution in [0.3, 0.4) is 0 Å². The largest absolute Gasteiger partial charge is 0.394 e. The molecule has 16 heavy (non-hydrogen) atoms. The molecular formula is C11H16N2O3. The second-order valence-corrected chi connectivity index (χ2v) is 4.37. The number of nitro groups is 1. The maximum Gasteiger partial charge on any atom is 0.272 e. The Bertz CT molecular complexity index is 402. The Balaban J connectivity index is 3.00. The number of hydrogen-bond acceptors (Lipinski definition) is 4. The van der Waals surface area contributed by atoms with Crippen LogP contribution in [0.1, 0.15) is 18.1 Å². The highest BCUT2D eigenvalue weighted by atomic mass is 16.6. The summed E-state index contributed by atoms with van der Waals surface area (Å²) in [5, 5.41) is 19.8. The number of nitro benzene ring substituents is 1. The van der Waals surface area contributed by atoms with Crippen molar-refractivity contribution in [3.05, 3.63) is 39.4 Å². The number of nitrogens with zero attached hydrogens (tertiary/aromatic N) is 1. The maximum absolute atomic E-state index is 10.7. The molecule has 0 bridgehead atoms. The Morgan fingerprint density at radius 2 is 2.19 bits per heavy atom. The summed E-state index contributed by atoms with van der Waals surface area (Å²) in [7, 11) is 0. The Morgan fingerprint density at radius 1 is 1.56 bits per heavy atom. The van der Waals surface area contributed by atoms with Crippen molar-refractivity contribution in [1.29, 1.82) is 0 Å². The summed E-state index contributed by atoms with van der Waals surface area (Å²) in [6.45, 7) is 3.24. The van der Waals surface area contributed by atoms with Gasteiger partial charge in [0, 0.05) is 17.2 Å². The van der Waals surface area contributed by atoms with Gasteiger partial charge < -0.3 is 10.8 Å². The zero-order valence-corrected chi connectivity index (χ0v) is 9.43. The number of aryl methyl sites for hydroxylation is 1. The van der Waals surface area contributed by atoms with Crippen LogP contribution in [-0.2, 0) is 6.42 Å². The second-order valence-electron chi connectivity index (χ2n) is 4.37. The molecule has 5 heteroatoms. The summed E-state index contributed by atoms with van der Waals surface area (Å²) in [5.41, 5.74) is 6.52. The summed E-state index contributed by atoms with van der Waals surface area (Å²) in [6, 6.07) is 5.00. The molecule has 1 aromatic carbocycles. The monoisotopic (exact) mass is 224 g/mol. The zero-order valence-electron chi connectivity index (χ0n) is 9.43. The van der Waals surface area contributed by atoms with Gasteiger partial charge in [-0.2, -0.15) is 0 Å². The first kappa shape index (κ1) is 12.6. The molecule has 0 amide bonds. The molecule has 0 heterocycles. The van der Waals surface area contributed by atoms with Gasteiger partial charge >= 0.3 is 0 Å². The molecule has 0 saturated heterocycles. The topological polar surface area (TPSA) is 89.4 Å². The van der Waals surface area contributed by atoms with E-state index in [1.807, 2.05) is 0 Å². The normalized spacial score (nSPS) is 14.5. The minimum Gasteiger partial charge on any atom is -0.394 e. The van der Waals surface area contributed by atoms with E-state index in [-0.39, 0.29) is 12.3 Å². The highest BCUT2D eigenvalue weighted by Gasteiger charge is 2.19. The van der Waals surface area contributed by atoms with Crippen molar-refractivity contribution in [2.45, 2.75) is 25.8 Å². The number of aliphatic hydroxyl groups excluding tert-OH is 1. The minimum absolute atomic E-state index is 0.0891. The highest BCUT2D eigenvalue weighted by molar-refractivity contribution is 5.42. The molecule has 0 fully saturated rings. The minimum atomic E-state index is -0.747. The lowest BCUT2D eigenvalue weighted by Gasteiger charge is -2.21. The van der Waals surface area contributed by atoms with Crippen molar-refractivity contribution in [3.8, 4) is 0 Å². The van der Waals surface area contributed by atoms with Gasteiger partial charge in [-0.15, -0.1) is 0 Å². The number of aliphatic hydroxyl groups is 1. The number of benzene rings is 1. The van der Waals surface area contributed by atoms with Crippen LogP contribution in [0.5, 0.6) is 0 Å². The molecule has 5 nitrogen and oxygen atoms in total. The van der Waals surface area contributed by atoms with E-state index in [9.17, 15) is 10.1 Å². The van der Waals surface area contributed by atoms with Crippen molar-refractivity contribution in [3.63, 3.8) is 0 Å². The van der Waals surface area contributed by atoms with Crippen molar-refractivity contribution >= 4 is 5.69 Å². The average molecular weight is 224 g/mol. The predicted molar refractivity (Wildman–Crippen MR) is 61.2 cm³/mol. The summed E-state index contributed by atoms with van der Waals surface area (Å²) in [5.74, 6) is 0. The second kappa shape index (κ2) is 4.59. The van der Waals surface area contributed by atoms with Gasteiger partial charge in [0.05, 0.1) is 11.5 Å². The molecule has 0 aliphatic rings. The molecule has 0 aromatic heterocycles. The van der Waals surface area contributed by atoms with E-state index in [2.05, 4.69) is 0 Å². The summed E-state index contributed by atoms with van der Waals surface area (Å²) >= 11 is 0. The number of nitrogens with two attached hydrogens (primary N) is 1. The lowest BCUT2D eigenvalue weighted by atomic mass is 9.94. The lowest BCUT2D eigenvalue weighted by Crippen LogP contribution is -2.42. The fourth-order valence-corrected chi connectivity index (χ4v) is 1.48. The molecule has 0 aliphatic carbocycles. The Morgan fingerprint density at radius 3 is 2.69 bits per heavy atom. The van der Waals surface area contributed by atoms with E-state index in [4.69, 9.17) is 10.8 Å². The van der Waals surface area contributed by atoms with Crippen LogP contribution in [-0.4, -0.2) is 22.2 Å². The molecule has 0 saturated carbocycles. The van der Waals surface area contributed by atoms with Crippen LogP contribution in [0.4, 0.5) is 5.69 Å². The van der Waals surface area contributed by atoms with Gasteiger partial charge in [0.1, 0.15) is 0 Å². The van der Waals surface area contributed by atoms with E-state index in [1.165, 1.54) is 6.07 Å². The molecule has 0 radical (unpaired) electrons. The third kappa shape index (κ3) is 3.01. The van der Waals surface area contributed by atoms with Crippen LogP contribution in [0.15, 0.2) is 18.2 Å². The van der Waals surface area contributed by atoms with Gasteiger partial charge in [-0.05, 0) is 25.8 Å². The third-order valence-electron chi connectivity index (χ3n) is 2.44. The molecule has 3 N–H and O–H groups in total. The van der Waals surface area contributed by atoms with Crippen molar-refractivity contribution in [2.24, 2.45) is 5.73 Å². The third-order valence-corrected chi connectivity index (χ3v) is 2.44. The van der Waals surface area contributed by atoms with Crippen LogP contribution >= 0.6 is 0 Å². The van der Waals surface area contributed by atoms with Gasteiger partial charge in [-0.3, -0.25) is 10.1 Å². The maximum atomic E-state index is 10.7. The molecule has 1 rings (SSSR count). The summed E-state index contributed by atoms with van der Waals surface area (Å²) in [6.07, 6.45) is 0.407. The molecule has 0 spiro atoms. The molecule has 1 unspecified atom stereocenters. The van der Waals surface area contributed by atoms with E-state index < -0.39 is 10.5 Å². The first-order valence-electron chi connectivity index (χ1n) is 4.99. The van der Waals surface area contributed by atoms with Gasteiger partial charge in [0.15, 0.2) is 0 Å². The van der Waals surface area contributed by atoms with Gasteiger partial charge in [-0.25, -0.2) is 0 Å². The molecule has 1 aromatic rings. The van der Waals surface area contributed by atoms with Crippen LogP contribution in [0.25, 0.3) is 0 Å². The predicted octanol–water partition coefficient (Wildman–Crippen LogP) is 1.16. The van der Waals surface area contributed by atoms with Gasteiger partial charge in [0.25, 0.3) is 5.69 Å².